The summed E-state index contributed by atoms with van der Waals surface area (Å²) in [5, 5.41) is 8.57. The van der Waals surface area contributed by atoms with E-state index in [1.165, 1.54) is 0 Å². The quantitative estimate of drug-likeness (QED) is 0.458. The topological polar surface area (TPSA) is 46.2 Å². The molecule has 0 heterocycles. The van der Waals surface area contributed by atoms with Crippen LogP contribution in [0.3, 0.4) is 0 Å². The minimum atomic E-state index is -1.87. The third-order valence-electron chi connectivity index (χ3n) is 1.89. The Kier molecular flexibility index (Phi) is 3.65. The van der Waals surface area contributed by atoms with Crippen molar-refractivity contribution in [3.8, 4) is 0 Å². The number of hydrogen-bond donors (Lipinski definition) is 2. The van der Waals surface area contributed by atoms with Gasteiger partial charge in [-0.3, -0.25) is 0 Å². The Morgan fingerprint density at radius 3 is 2.27 bits per heavy atom. The molecule has 0 aliphatic carbocycles. The van der Waals surface area contributed by atoms with Gasteiger partial charge in [0.15, 0.2) is 23.3 Å². The van der Waals surface area contributed by atoms with E-state index in [9.17, 15) is 17.6 Å². The molecule has 1 atom stereocenters. The maximum absolute atomic E-state index is 13.0. The van der Waals surface area contributed by atoms with Crippen LogP contribution < -0.4 is 5.73 Å². The van der Waals surface area contributed by atoms with Crippen molar-refractivity contribution in [3.63, 3.8) is 0 Å². The smallest absolute Gasteiger partial charge is 0.197 e. The summed E-state index contributed by atoms with van der Waals surface area (Å²) < 4.78 is 50.9. The minimum absolute atomic E-state index is 0.267. The van der Waals surface area contributed by atoms with Crippen LogP contribution in [-0.2, 0) is 6.42 Å². The molecule has 0 fully saturated rings. The van der Waals surface area contributed by atoms with E-state index in [1.54, 1.807) is 0 Å². The van der Waals surface area contributed by atoms with Crippen molar-refractivity contribution in [2.45, 2.75) is 12.5 Å². The number of halogens is 4. The third kappa shape index (κ3) is 2.45. The molecule has 15 heavy (non-hydrogen) atoms. The molecule has 1 rings (SSSR count). The van der Waals surface area contributed by atoms with Crippen molar-refractivity contribution >= 4 is 0 Å². The highest BCUT2D eigenvalue weighted by atomic mass is 19.2. The Hall–Kier alpha value is -1.14. The number of aliphatic hydroxyl groups is 1. The van der Waals surface area contributed by atoms with Gasteiger partial charge in [-0.25, -0.2) is 17.6 Å². The monoisotopic (exact) mass is 223 g/mol. The van der Waals surface area contributed by atoms with E-state index in [1.807, 2.05) is 0 Å². The van der Waals surface area contributed by atoms with Gasteiger partial charge in [0.2, 0.25) is 0 Å². The third-order valence-corrected chi connectivity index (χ3v) is 1.89. The van der Waals surface area contributed by atoms with Crippen LogP contribution in [0.5, 0.6) is 0 Å². The normalized spacial score (nSPS) is 12.9. The average molecular weight is 223 g/mol. The van der Waals surface area contributed by atoms with E-state index in [0.29, 0.717) is 6.07 Å². The van der Waals surface area contributed by atoms with Gasteiger partial charge in [0, 0.05) is 6.04 Å². The van der Waals surface area contributed by atoms with Crippen LogP contribution in [-0.4, -0.2) is 17.8 Å². The van der Waals surface area contributed by atoms with Gasteiger partial charge in [0.25, 0.3) is 0 Å². The van der Waals surface area contributed by atoms with Crippen LogP contribution in [0.15, 0.2) is 6.07 Å². The maximum atomic E-state index is 13.0. The van der Waals surface area contributed by atoms with Crippen molar-refractivity contribution in [2.75, 3.05) is 6.61 Å². The number of benzene rings is 1. The summed E-state index contributed by atoms with van der Waals surface area (Å²) >= 11 is 0. The molecule has 0 bridgehead atoms. The standard InChI is InChI=1S/C9H9F4NO/c10-6-2-4(1-5(14)3-15)7(11)9(13)8(6)12/h2,5,15H,1,3,14H2. The van der Waals surface area contributed by atoms with Crippen molar-refractivity contribution in [2.24, 2.45) is 5.73 Å². The number of nitrogens with two attached hydrogens (primary N) is 1. The first-order valence-corrected chi connectivity index (χ1v) is 4.15. The Morgan fingerprint density at radius 2 is 1.73 bits per heavy atom. The van der Waals surface area contributed by atoms with Gasteiger partial charge in [0.05, 0.1) is 6.61 Å². The van der Waals surface area contributed by atoms with Gasteiger partial charge in [-0.05, 0) is 18.1 Å². The summed E-state index contributed by atoms with van der Waals surface area (Å²) in [6, 6.07) is -0.313. The lowest BCUT2D eigenvalue weighted by molar-refractivity contribution is 0.264. The lowest BCUT2D eigenvalue weighted by atomic mass is 10.1. The summed E-state index contributed by atoms with van der Waals surface area (Å²) in [6.07, 6.45) is -0.267. The molecule has 0 aliphatic rings. The zero-order chi connectivity index (χ0) is 11.6. The number of hydrogen-bond acceptors (Lipinski definition) is 2. The molecular formula is C9H9F4NO. The summed E-state index contributed by atoms with van der Waals surface area (Å²) in [5.41, 5.74) is 4.86. The molecule has 84 valence electrons. The summed E-state index contributed by atoms with van der Waals surface area (Å²) in [4.78, 5) is 0. The predicted molar refractivity (Wildman–Crippen MR) is 45.0 cm³/mol. The van der Waals surface area contributed by atoms with Gasteiger partial charge in [0.1, 0.15) is 0 Å². The maximum Gasteiger partial charge on any atom is 0.197 e. The fourth-order valence-corrected chi connectivity index (χ4v) is 1.12. The average Bonchev–Trinajstić information content (AvgIpc) is 2.22. The first-order chi connectivity index (χ1) is 6.97. The molecule has 0 aromatic heterocycles. The van der Waals surface area contributed by atoms with Gasteiger partial charge >= 0.3 is 0 Å². The lowest BCUT2D eigenvalue weighted by Gasteiger charge is -2.09. The van der Waals surface area contributed by atoms with Crippen LogP contribution in [0.2, 0.25) is 0 Å². The Bertz CT molecular complexity index is 370. The van der Waals surface area contributed by atoms with Gasteiger partial charge < -0.3 is 10.8 Å². The molecular weight excluding hydrogens is 214 g/mol. The molecule has 0 saturated heterocycles. The highest BCUT2D eigenvalue weighted by Crippen LogP contribution is 2.19. The molecule has 0 amide bonds. The van der Waals surface area contributed by atoms with Gasteiger partial charge in [-0.15, -0.1) is 0 Å². The predicted octanol–water partition coefficient (Wildman–Crippen LogP) is 1.11. The van der Waals surface area contributed by atoms with Gasteiger partial charge in [-0.2, -0.15) is 0 Å². The zero-order valence-electron chi connectivity index (χ0n) is 7.61. The summed E-state index contributed by atoms with van der Waals surface area (Å²) in [6.45, 7) is -0.458. The molecule has 3 N–H and O–H groups in total. The molecule has 0 aliphatic heterocycles. The van der Waals surface area contributed by atoms with E-state index >= 15 is 0 Å². The van der Waals surface area contributed by atoms with E-state index < -0.39 is 41.5 Å². The molecule has 0 saturated carbocycles. The fourth-order valence-electron chi connectivity index (χ4n) is 1.12. The molecule has 0 spiro atoms. The second kappa shape index (κ2) is 4.59. The minimum Gasteiger partial charge on any atom is -0.395 e. The zero-order valence-corrected chi connectivity index (χ0v) is 7.61. The van der Waals surface area contributed by atoms with Crippen LogP contribution in [0, 0.1) is 23.3 Å². The molecule has 1 aromatic rings. The SMILES string of the molecule is NC(CO)Cc1cc(F)c(F)c(F)c1F. The first kappa shape index (κ1) is 11.9. The molecule has 0 radical (unpaired) electrons. The van der Waals surface area contributed by atoms with Crippen molar-refractivity contribution < 1.29 is 22.7 Å². The van der Waals surface area contributed by atoms with Crippen molar-refractivity contribution in [1.82, 2.24) is 0 Å². The van der Waals surface area contributed by atoms with Crippen molar-refractivity contribution in [1.29, 1.82) is 0 Å². The molecule has 1 unspecified atom stereocenters. The van der Waals surface area contributed by atoms with Crippen LogP contribution in [0.25, 0.3) is 0 Å². The lowest BCUT2D eigenvalue weighted by Crippen LogP contribution is -2.27. The van der Waals surface area contributed by atoms with E-state index in [0.717, 1.165) is 0 Å². The van der Waals surface area contributed by atoms with E-state index in [2.05, 4.69) is 0 Å². The van der Waals surface area contributed by atoms with Crippen molar-refractivity contribution in [3.05, 3.63) is 34.9 Å². The Morgan fingerprint density at radius 1 is 1.13 bits per heavy atom. The van der Waals surface area contributed by atoms with Crippen LogP contribution >= 0.6 is 0 Å². The summed E-state index contributed by atoms with van der Waals surface area (Å²) in [5.74, 6) is -6.67. The van der Waals surface area contributed by atoms with E-state index in [4.69, 9.17) is 10.8 Å². The summed E-state index contributed by atoms with van der Waals surface area (Å²) in [7, 11) is 0. The second-order valence-corrected chi connectivity index (χ2v) is 3.11. The molecule has 6 heteroatoms. The van der Waals surface area contributed by atoms with Gasteiger partial charge in [-0.1, -0.05) is 0 Å². The van der Waals surface area contributed by atoms with Crippen LogP contribution in [0.1, 0.15) is 5.56 Å². The highest BCUT2D eigenvalue weighted by molar-refractivity contribution is 5.22. The molecule has 2 nitrogen and oxygen atoms in total. The highest BCUT2D eigenvalue weighted by Gasteiger charge is 2.19. The number of rotatable bonds is 3. The first-order valence-electron chi connectivity index (χ1n) is 4.15. The van der Waals surface area contributed by atoms with Crippen LogP contribution in [0.4, 0.5) is 17.6 Å². The molecule has 1 aromatic carbocycles. The fraction of sp³-hybridized carbons (Fsp3) is 0.333. The second-order valence-electron chi connectivity index (χ2n) is 3.11. The van der Waals surface area contributed by atoms with E-state index in [-0.39, 0.29) is 6.42 Å². The number of aliphatic hydroxyl groups excluding tert-OH is 1. The Labute approximate surface area is 83.3 Å². The largest absolute Gasteiger partial charge is 0.395 e. The Balaban J connectivity index is 3.09.